The van der Waals surface area contributed by atoms with Gasteiger partial charge >= 0.3 is 56.8 Å². The van der Waals surface area contributed by atoms with Gasteiger partial charge in [-0.2, -0.15) is 0 Å². The Hall–Kier alpha value is 1.28. The predicted molar refractivity (Wildman–Crippen MR) is 8.66 cm³/mol. The molecule has 0 amide bonds. The minimum atomic E-state index is -3.69. The molecule has 0 rings (SSSR count). The Morgan fingerprint density at radius 2 is 1.80 bits per heavy atom. The topological polar surface area (TPSA) is 60.4 Å². The summed E-state index contributed by atoms with van der Waals surface area (Å²) in [4.78, 5) is 0. The molecule has 1 atom stereocenters. The van der Waals surface area contributed by atoms with Gasteiger partial charge in [-0.25, -0.2) is 0 Å². The Morgan fingerprint density at radius 1 is 1.80 bits per heavy atom. The smallest absolute Gasteiger partial charge is 1.00 e. The van der Waals surface area contributed by atoms with Crippen LogP contribution in [0.25, 0.3) is 0 Å². The third-order valence-electron chi connectivity index (χ3n) is 0. The van der Waals surface area contributed by atoms with Crippen LogP contribution in [0, 0.1) is 0 Å². The fourth-order valence-electron chi connectivity index (χ4n) is 0. The minimum absolute atomic E-state index is 0. The first-order valence-electron chi connectivity index (χ1n) is 0.565. The van der Waals surface area contributed by atoms with Gasteiger partial charge in [0, 0.05) is 0 Å². The number of rotatable bonds is 0. The van der Waals surface area contributed by atoms with Gasteiger partial charge in [0.1, 0.15) is 0 Å². The summed E-state index contributed by atoms with van der Waals surface area (Å²) in [5.74, 6) is 0. The molecule has 0 aromatic carbocycles. The number of hydrogen-bond acceptors (Lipinski definition) is 2. The molecule has 0 aliphatic carbocycles. The fraction of sp³-hybridized carbons (Fsp3) is 0. The van der Waals surface area contributed by atoms with Crippen molar-refractivity contribution in [2.45, 2.75) is 0 Å². The van der Waals surface area contributed by atoms with E-state index in [9.17, 15) is 0 Å². The van der Waals surface area contributed by atoms with Crippen LogP contribution < -0.4 is 33.7 Å². The molecule has 0 fully saturated rings. The zero-order valence-corrected chi connectivity index (χ0v) is 6.59. The summed E-state index contributed by atoms with van der Waals surface area (Å²) >= 11 is -3.69. The van der Waals surface area contributed by atoms with E-state index >= 15 is 0 Å². The van der Waals surface area contributed by atoms with Crippen LogP contribution in [-0.2, 0) is 3.74 Å². The van der Waals surface area contributed by atoms with Gasteiger partial charge in [0.2, 0.25) is 0 Å². The van der Waals surface area contributed by atoms with E-state index in [4.69, 9.17) is 11.9 Å². The van der Waals surface area contributed by atoms with Crippen LogP contribution in [0.4, 0.5) is 0 Å². The summed E-state index contributed by atoms with van der Waals surface area (Å²) < 4.78 is 24.4. The molecule has 0 heterocycles. The Bertz CT molecular complexity index is 29.9. The van der Waals surface area contributed by atoms with Gasteiger partial charge < -0.3 is 0 Å². The molecule has 5 heteroatoms. The average molecular weight is 147 g/mol. The van der Waals surface area contributed by atoms with E-state index in [-0.39, 0.29) is 29.6 Å². The molecule has 5 heavy (non-hydrogen) atoms. The Kier molecular flexibility index (Phi) is 10.1. The predicted octanol–water partition coefficient (Wildman–Crippen LogP) is -5.24. The van der Waals surface area contributed by atoms with Crippen LogP contribution in [0.2, 0.25) is 0 Å². The van der Waals surface area contributed by atoms with Crippen molar-refractivity contribution in [3.8, 4) is 0 Å². The van der Waals surface area contributed by atoms with Crippen molar-refractivity contribution < 1.29 is 41.5 Å². The molecule has 1 N–H and O–H groups in total. The maximum atomic E-state index is 8.67. The standard InChI is InChI=1S/AsHO3.Na/c2-1(3)4;/h(H-,2,3,4);/q-1;+1. The second-order valence-electron chi connectivity index (χ2n) is 0.238. The number of hydrogen-bond donors (Lipinski definition) is 1. The van der Waals surface area contributed by atoms with Crippen molar-refractivity contribution in [3.05, 3.63) is 0 Å². The monoisotopic (exact) mass is 147 g/mol. The van der Waals surface area contributed by atoms with Gasteiger partial charge in [-0.15, -0.1) is 0 Å². The molecular formula is HAsNaO3. The fourth-order valence-corrected chi connectivity index (χ4v) is 0. The molecule has 0 aliphatic heterocycles. The van der Waals surface area contributed by atoms with E-state index in [2.05, 4.69) is 0 Å². The van der Waals surface area contributed by atoms with E-state index in [0.717, 1.165) is 0 Å². The molecule has 0 aliphatic rings. The summed E-state index contributed by atoms with van der Waals surface area (Å²) in [6, 6.07) is 0. The summed E-state index contributed by atoms with van der Waals surface area (Å²) in [5, 5.41) is 0. The molecule has 1 radical (unpaired) electrons. The van der Waals surface area contributed by atoms with E-state index in [0.29, 0.717) is 0 Å². The van der Waals surface area contributed by atoms with Crippen LogP contribution in [0.5, 0.6) is 0 Å². The van der Waals surface area contributed by atoms with Crippen molar-refractivity contribution in [2.24, 2.45) is 0 Å². The maximum absolute atomic E-state index is 8.67. The zero-order valence-electron chi connectivity index (χ0n) is 2.71. The molecule has 3 nitrogen and oxygen atoms in total. The largest absolute Gasteiger partial charge is 1.00 e. The molecule has 0 saturated carbocycles. The van der Waals surface area contributed by atoms with E-state index in [1.54, 1.807) is 0 Å². The molecule has 1 unspecified atom stereocenters. The SMILES string of the molecule is O=[As]([O-])O.[Na+]. The molecule has 0 spiro atoms. The molecular weight excluding hydrogens is 146 g/mol. The average Bonchev–Trinajstić information content (AvgIpc) is 0.811. The Labute approximate surface area is 56.5 Å². The summed E-state index contributed by atoms with van der Waals surface area (Å²) in [6.07, 6.45) is 0. The van der Waals surface area contributed by atoms with Crippen molar-refractivity contribution in [3.63, 3.8) is 0 Å². The van der Waals surface area contributed by atoms with Crippen LogP contribution >= 0.6 is 0 Å². The molecule has 25 valence electrons. The minimum Gasteiger partial charge on any atom is 1.00 e. The van der Waals surface area contributed by atoms with E-state index in [1.165, 1.54) is 0 Å². The molecule has 0 bridgehead atoms. The van der Waals surface area contributed by atoms with Crippen LogP contribution in [0.15, 0.2) is 0 Å². The van der Waals surface area contributed by atoms with E-state index in [1.807, 2.05) is 0 Å². The first kappa shape index (κ1) is 9.56. The third-order valence-corrected chi connectivity index (χ3v) is 0. The first-order valence-corrected chi connectivity index (χ1v) is 2.94. The van der Waals surface area contributed by atoms with Crippen molar-refractivity contribution >= 4 is 15.3 Å². The second-order valence-corrected chi connectivity index (χ2v) is 1.24. The van der Waals surface area contributed by atoms with E-state index < -0.39 is 15.3 Å². The quantitative estimate of drug-likeness (QED) is 0.348. The molecule has 0 aromatic heterocycles. The van der Waals surface area contributed by atoms with Crippen LogP contribution in [0.3, 0.4) is 0 Å². The van der Waals surface area contributed by atoms with Gasteiger partial charge in [0.15, 0.2) is 0 Å². The Morgan fingerprint density at radius 3 is 1.80 bits per heavy atom. The molecule has 0 aromatic rings. The second kappa shape index (κ2) is 5.28. The van der Waals surface area contributed by atoms with Gasteiger partial charge in [0.05, 0.1) is 0 Å². The van der Waals surface area contributed by atoms with Gasteiger partial charge in [-0.05, 0) is 0 Å². The maximum Gasteiger partial charge on any atom is 1.00 e. The van der Waals surface area contributed by atoms with Crippen LogP contribution in [0.1, 0.15) is 0 Å². The van der Waals surface area contributed by atoms with Gasteiger partial charge in [0.25, 0.3) is 0 Å². The molecule has 0 saturated heterocycles. The summed E-state index contributed by atoms with van der Waals surface area (Å²) in [6.45, 7) is 0. The summed E-state index contributed by atoms with van der Waals surface area (Å²) in [5.41, 5.74) is 0. The Balaban J connectivity index is 0. The normalized spacial score (nSPS) is 8.80. The van der Waals surface area contributed by atoms with Gasteiger partial charge in [-0.1, -0.05) is 0 Å². The van der Waals surface area contributed by atoms with Crippen molar-refractivity contribution in [1.82, 2.24) is 0 Å². The van der Waals surface area contributed by atoms with Crippen molar-refractivity contribution in [1.29, 1.82) is 0 Å². The van der Waals surface area contributed by atoms with Crippen molar-refractivity contribution in [2.75, 3.05) is 0 Å². The zero-order chi connectivity index (χ0) is 3.58. The van der Waals surface area contributed by atoms with Crippen LogP contribution in [-0.4, -0.2) is 19.4 Å². The third kappa shape index (κ3) is 34.7. The first-order chi connectivity index (χ1) is 1.73. The summed E-state index contributed by atoms with van der Waals surface area (Å²) in [7, 11) is 0. The van der Waals surface area contributed by atoms with Gasteiger partial charge in [-0.3, -0.25) is 0 Å².